The molecule has 0 saturated heterocycles. The standard InChI is InChI=1S/C8H18N3O3S/c1-11(2,3)4-5-14-8(12)7(9)6-15-10-13/h7H,4-6,9H2,1-3H3/q+1/t7-/m0/s1. The quantitative estimate of drug-likeness (QED) is 0.291. The molecule has 0 aliphatic carbocycles. The third-order valence-corrected chi connectivity index (χ3v) is 2.23. The molecule has 0 saturated carbocycles. The maximum atomic E-state index is 11.2. The van der Waals surface area contributed by atoms with Crippen LogP contribution in [-0.4, -0.2) is 56.5 Å². The highest BCUT2D eigenvalue weighted by molar-refractivity contribution is 7.97. The van der Waals surface area contributed by atoms with E-state index in [4.69, 9.17) is 10.5 Å². The number of carbonyl (C=O) groups is 1. The number of hydrogen-bond acceptors (Lipinski definition) is 6. The van der Waals surface area contributed by atoms with Gasteiger partial charge in [-0.05, 0) is 0 Å². The Bertz CT molecular complexity index is 218. The van der Waals surface area contributed by atoms with E-state index in [-0.39, 0.29) is 5.75 Å². The number of esters is 1. The van der Waals surface area contributed by atoms with Gasteiger partial charge in [0.05, 0.1) is 21.1 Å². The fourth-order valence-corrected chi connectivity index (χ4v) is 1.06. The molecule has 0 aromatic heterocycles. The largest absolute Gasteiger partial charge is 0.459 e. The topological polar surface area (TPSA) is 81.8 Å². The van der Waals surface area contributed by atoms with Crippen molar-refractivity contribution >= 4 is 17.9 Å². The van der Waals surface area contributed by atoms with Gasteiger partial charge in [0.15, 0.2) is 0 Å². The Morgan fingerprint density at radius 1 is 1.53 bits per heavy atom. The average molecular weight is 236 g/mol. The van der Waals surface area contributed by atoms with Crippen LogP contribution in [0, 0.1) is 4.91 Å². The van der Waals surface area contributed by atoms with Gasteiger partial charge in [0.2, 0.25) is 0 Å². The smallest absolute Gasteiger partial charge is 0.324 e. The van der Waals surface area contributed by atoms with Crippen molar-refractivity contribution < 1.29 is 14.0 Å². The minimum atomic E-state index is -0.778. The highest BCUT2D eigenvalue weighted by atomic mass is 32.2. The van der Waals surface area contributed by atoms with Crippen LogP contribution in [0.15, 0.2) is 4.58 Å². The van der Waals surface area contributed by atoms with Crippen LogP contribution in [0.3, 0.4) is 0 Å². The number of nitrogens with two attached hydrogens (primary N) is 1. The summed E-state index contributed by atoms with van der Waals surface area (Å²) >= 11 is 0.723. The van der Waals surface area contributed by atoms with Crippen LogP contribution < -0.4 is 5.73 Å². The predicted molar refractivity (Wildman–Crippen MR) is 60.1 cm³/mol. The molecule has 0 heterocycles. The molecule has 0 amide bonds. The van der Waals surface area contributed by atoms with Crippen molar-refractivity contribution in [1.29, 1.82) is 0 Å². The van der Waals surface area contributed by atoms with Crippen molar-refractivity contribution in [2.45, 2.75) is 6.04 Å². The number of rotatable bonds is 7. The second-order valence-corrected chi connectivity index (χ2v) is 4.90. The summed E-state index contributed by atoms with van der Waals surface area (Å²) < 4.78 is 8.21. The number of quaternary nitrogens is 1. The average Bonchev–Trinajstić information content (AvgIpc) is 2.11. The zero-order chi connectivity index (χ0) is 11.9. The zero-order valence-corrected chi connectivity index (χ0v) is 10.1. The summed E-state index contributed by atoms with van der Waals surface area (Å²) in [4.78, 5) is 21.0. The molecule has 0 aromatic rings. The van der Waals surface area contributed by atoms with Gasteiger partial charge in [0.1, 0.15) is 19.2 Å². The summed E-state index contributed by atoms with van der Waals surface area (Å²) in [5.41, 5.74) is 5.45. The van der Waals surface area contributed by atoms with Crippen molar-refractivity contribution in [3.8, 4) is 0 Å². The van der Waals surface area contributed by atoms with E-state index in [9.17, 15) is 9.70 Å². The number of likely N-dealkylation sites (N-methyl/N-ethyl adjacent to an activating group) is 1. The first-order chi connectivity index (χ1) is 6.87. The molecular weight excluding hydrogens is 218 g/mol. The summed E-state index contributed by atoms with van der Waals surface area (Å²) in [6, 6.07) is -0.778. The Kier molecular flexibility index (Phi) is 6.46. The minimum Gasteiger partial charge on any atom is -0.459 e. The van der Waals surface area contributed by atoms with Gasteiger partial charge in [-0.2, -0.15) is 0 Å². The molecule has 0 aliphatic rings. The van der Waals surface area contributed by atoms with Crippen LogP contribution in [0.1, 0.15) is 0 Å². The normalized spacial score (nSPS) is 13.3. The molecule has 0 bridgehead atoms. The van der Waals surface area contributed by atoms with Gasteiger partial charge in [-0.25, -0.2) is 0 Å². The lowest BCUT2D eigenvalue weighted by Gasteiger charge is -2.23. The van der Waals surface area contributed by atoms with Crippen molar-refractivity contribution in [3.05, 3.63) is 4.91 Å². The van der Waals surface area contributed by atoms with E-state index < -0.39 is 12.0 Å². The molecule has 0 aromatic carbocycles. The molecule has 6 nitrogen and oxygen atoms in total. The van der Waals surface area contributed by atoms with Crippen molar-refractivity contribution in [2.75, 3.05) is 40.0 Å². The van der Waals surface area contributed by atoms with E-state index in [0.29, 0.717) is 11.1 Å². The van der Waals surface area contributed by atoms with Crippen LogP contribution in [0.4, 0.5) is 0 Å². The van der Waals surface area contributed by atoms with Gasteiger partial charge in [0, 0.05) is 22.3 Å². The highest BCUT2D eigenvalue weighted by Crippen LogP contribution is 2.03. The first kappa shape index (κ1) is 14.3. The molecule has 15 heavy (non-hydrogen) atoms. The Balaban J connectivity index is 3.69. The Morgan fingerprint density at radius 3 is 2.60 bits per heavy atom. The molecule has 7 heteroatoms. The van der Waals surface area contributed by atoms with Crippen molar-refractivity contribution in [3.63, 3.8) is 0 Å². The van der Waals surface area contributed by atoms with E-state index in [1.807, 2.05) is 21.1 Å². The Labute approximate surface area is 93.8 Å². The molecular formula is C8H18N3O3S+. The van der Waals surface area contributed by atoms with Crippen LogP contribution in [0.2, 0.25) is 0 Å². The van der Waals surface area contributed by atoms with Crippen LogP contribution in [-0.2, 0) is 9.53 Å². The van der Waals surface area contributed by atoms with Crippen LogP contribution in [0.25, 0.3) is 0 Å². The van der Waals surface area contributed by atoms with E-state index in [0.717, 1.165) is 18.5 Å². The summed E-state index contributed by atoms with van der Waals surface area (Å²) in [5, 5.41) is 0. The Morgan fingerprint density at radius 2 is 2.13 bits per heavy atom. The van der Waals surface area contributed by atoms with E-state index in [2.05, 4.69) is 4.58 Å². The maximum absolute atomic E-state index is 11.2. The van der Waals surface area contributed by atoms with E-state index >= 15 is 0 Å². The van der Waals surface area contributed by atoms with E-state index in [1.165, 1.54) is 0 Å². The monoisotopic (exact) mass is 236 g/mol. The molecule has 0 rings (SSSR count). The lowest BCUT2D eigenvalue weighted by Crippen LogP contribution is -2.40. The molecule has 88 valence electrons. The van der Waals surface area contributed by atoms with Crippen molar-refractivity contribution in [2.24, 2.45) is 10.3 Å². The molecule has 0 unspecified atom stereocenters. The first-order valence-electron chi connectivity index (χ1n) is 4.54. The number of nitroso groups, excluding NO2 is 1. The van der Waals surface area contributed by atoms with Gasteiger partial charge in [-0.15, -0.1) is 4.91 Å². The maximum Gasteiger partial charge on any atom is 0.324 e. The van der Waals surface area contributed by atoms with Crippen molar-refractivity contribution in [1.82, 2.24) is 0 Å². The highest BCUT2D eigenvalue weighted by Gasteiger charge is 2.16. The molecule has 0 spiro atoms. The number of nitrogens with zero attached hydrogens (tertiary/aromatic N) is 2. The second kappa shape index (κ2) is 6.76. The summed E-state index contributed by atoms with van der Waals surface area (Å²) in [6.45, 7) is 1.05. The second-order valence-electron chi connectivity index (χ2n) is 4.16. The molecule has 1 atom stereocenters. The summed E-state index contributed by atoms with van der Waals surface area (Å²) in [6.07, 6.45) is 0. The molecule has 2 N–H and O–H groups in total. The molecule has 0 radical (unpaired) electrons. The fraction of sp³-hybridized carbons (Fsp3) is 0.875. The minimum absolute atomic E-state index is 0.159. The number of ether oxygens (including phenoxy) is 1. The predicted octanol–water partition coefficient (Wildman–Crippen LogP) is -0.0223. The van der Waals surface area contributed by atoms with Gasteiger partial charge in [0.25, 0.3) is 0 Å². The van der Waals surface area contributed by atoms with Gasteiger partial charge in [-0.1, -0.05) is 0 Å². The Hall–Kier alpha value is -0.660. The van der Waals surface area contributed by atoms with Gasteiger partial charge in [-0.3, -0.25) is 4.79 Å². The summed E-state index contributed by atoms with van der Waals surface area (Å²) in [7, 11) is 6.00. The first-order valence-corrected chi connectivity index (χ1v) is 5.48. The zero-order valence-electron chi connectivity index (χ0n) is 9.30. The third-order valence-electron chi connectivity index (χ3n) is 1.62. The molecule has 0 aliphatic heterocycles. The fourth-order valence-electron chi connectivity index (χ4n) is 0.706. The lowest BCUT2D eigenvalue weighted by molar-refractivity contribution is -0.870. The SMILES string of the molecule is C[N+](C)(C)CCOC(=O)[C@@H](N)CSN=O. The third kappa shape index (κ3) is 8.34. The van der Waals surface area contributed by atoms with Crippen LogP contribution in [0.5, 0.6) is 0 Å². The van der Waals surface area contributed by atoms with E-state index in [1.54, 1.807) is 0 Å². The van der Waals surface area contributed by atoms with Gasteiger partial charge >= 0.3 is 5.97 Å². The van der Waals surface area contributed by atoms with Gasteiger partial charge < -0.3 is 15.0 Å². The summed E-state index contributed by atoms with van der Waals surface area (Å²) in [5.74, 6) is -0.327. The number of hydrogen-bond donors (Lipinski definition) is 1. The lowest BCUT2D eigenvalue weighted by atomic mass is 10.4. The molecule has 0 fully saturated rings. The van der Waals surface area contributed by atoms with Crippen LogP contribution >= 0.6 is 11.9 Å². The number of carbonyl (C=O) groups excluding carboxylic acids is 1.